The summed E-state index contributed by atoms with van der Waals surface area (Å²) in [6.45, 7) is 7.37. The number of aromatic nitrogens is 2. The van der Waals surface area contributed by atoms with Gasteiger partial charge < -0.3 is 10.0 Å². The Balaban J connectivity index is 1.59. The molecule has 2 aromatic rings. The van der Waals surface area contributed by atoms with Crippen LogP contribution in [0.3, 0.4) is 0 Å². The Hall–Kier alpha value is -2.63. The fraction of sp³-hybridized carbons (Fsp3) is 0.500. The highest BCUT2D eigenvalue weighted by Crippen LogP contribution is 2.28. The van der Waals surface area contributed by atoms with E-state index in [-0.39, 0.29) is 23.4 Å². The molecule has 1 aliphatic heterocycles. The van der Waals surface area contributed by atoms with Crippen molar-refractivity contribution in [2.24, 2.45) is 0 Å². The molecule has 3 rings (SSSR count). The van der Waals surface area contributed by atoms with E-state index < -0.39 is 5.97 Å². The number of rotatable bonds is 6. The number of amides is 1. The van der Waals surface area contributed by atoms with Gasteiger partial charge in [-0.1, -0.05) is 36.8 Å². The highest BCUT2D eigenvalue weighted by Gasteiger charge is 2.27. The second-order valence-corrected chi connectivity index (χ2v) is 7.73. The van der Waals surface area contributed by atoms with Gasteiger partial charge in [0, 0.05) is 19.5 Å². The van der Waals surface area contributed by atoms with E-state index in [1.807, 2.05) is 9.58 Å². The second kappa shape index (κ2) is 8.59. The zero-order valence-corrected chi connectivity index (χ0v) is 16.9. The summed E-state index contributed by atoms with van der Waals surface area (Å²) in [5.74, 6) is -0.496. The van der Waals surface area contributed by atoms with Crippen molar-refractivity contribution in [3.63, 3.8) is 0 Å². The third-order valence-electron chi connectivity index (χ3n) is 5.90. The fourth-order valence-corrected chi connectivity index (χ4v) is 4.04. The molecule has 1 saturated heterocycles. The van der Waals surface area contributed by atoms with Gasteiger partial charge in [-0.15, -0.1) is 0 Å². The molecule has 28 heavy (non-hydrogen) atoms. The number of nitrogens with zero attached hydrogens (tertiary/aromatic N) is 3. The Morgan fingerprint density at radius 1 is 1.18 bits per heavy atom. The van der Waals surface area contributed by atoms with Gasteiger partial charge in [0.05, 0.1) is 17.9 Å². The third-order valence-corrected chi connectivity index (χ3v) is 5.90. The number of carbonyl (C=O) groups is 2. The SMILES string of the molecule is CCC(CC(=O)N1CCC(n2ncc(C(=O)O)c2C)CC1)c1ccc(C)cc1. The molecule has 2 heterocycles. The molecule has 1 unspecified atom stereocenters. The topological polar surface area (TPSA) is 75.4 Å². The van der Waals surface area contributed by atoms with Crippen molar-refractivity contribution in [2.75, 3.05) is 13.1 Å². The first-order valence-corrected chi connectivity index (χ1v) is 10.0. The number of likely N-dealkylation sites (tertiary alicyclic amines) is 1. The van der Waals surface area contributed by atoms with E-state index in [9.17, 15) is 14.7 Å². The zero-order valence-electron chi connectivity index (χ0n) is 16.9. The molecule has 1 fully saturated rings. The molecule has 6 nitrogen and oxygen atoms in total. The van der Waals surface area contributed by atoms with Crippen LogP contribution in [0.15, 0.2) is 30.5 Å². The summed E-state index contributed by atoms with van der Waals surface area (Å²) >= 11 is 0. The summed E-state index contributed by atoms with van der Waals surface area (Å²) in [5.41, 5.74) is 3.39. The lowest BCUT2D eigenvalue weighted by Gasteiger charge is -2.33. The molecule has 1 aromatic carbocycles. The zero-order chi connectivity index (χ0) is 20.3. The molecule has 150 valence electrons. The molecule has 6 heteroatoms. The first-order chi connectivity index (χ1) is 13.4. The van der Waals surface area contributed by atoms with Crippen LogP contribution < -0.4 is 0 Å². The van der Waals surface area contributed by atoms with Crippen molar-refractivity contribution in [1.82, 2.24) is 14.7 Å². The number of hydrogen-bond acceptors (Lipinski definition) is 3. The largest absolute Gasteiger partial charge is 0.478 e. The van der Waals surface area contributed by atoms with Crippen LogP contribution >= 0.6 is 0 Å². The number of benzene rings is 1. The van der Waals surface area contributed by atoms with Crippen LogP contribution in [-0.4, -0.2) is 44.8 Å². The third kappa shape index (κ3) is 4.26. The standard InChI is InChI=1S/C22H29N3O3/c1-4-17(18-7-5-15(2)6-8-18)13-21(26)24-11-9-19(10-12-24)25-16(3)20(14-23-25)22(27)28/h5-8,14,17,19H,4,9-13H2,1-3H3,(H,27,28). The Morgan fingerprint density at radius 2 is 1.82 bits per heavy atom. The van der Waals surface area contributed by atoms with Gasteiger partial charge >= 0.3 is 5.97 Å². The molecule has 0 spiro atoms. The van der Waals surface area contributed by atoms with Gasteiger partial charge in [0.2, 0.25) is 5.91 Å². The van der Waals surface area contributed by atoms with E-state index >= 15 is 0 Å². The van der Waals surface area contributed by atoms with Crippen LogP contribution in [0, 0.1) is 13.8 Å². The fourth-order valence-electron chi connectivity index (χ4n) is 4.04. The van der Waals surface area contributed by atoms with Crippen molar-refractivity contribution in [2.45, 2.75) is 58.4 Å². The molecule has 0 bridgehead atoms. The highest BCUT2D eigenvalue weighted by molar-refractivity contribution is 5.88. The van der Waals surface area contributed by atoms with Crippen LogP contribution in [0.2, 0.25) is 0 Å². The van der Waals surface area contributed by atoms with Crippen LogP contribution in [0.1, 0.15) is 71.7 Å². The van der Waals surface area contributed by atoms with E-state index in [0.29, 0.717) is 25.2 Å². The number of aryl methyl sites for hydroxylation is 1. The molecule has 1 aliphatic rings. The minimum Gasteiger partial charge on any atom is -0.478 e. The molecule has 0 radical (unpaired) electrons. The van der Waals surface area contributed by atoms with Crippen molar-refractivity contribution in [3.05, 3.63) is 52.8 Å². The van der Waals surface area contributed by atoms with Gasteiger partial charge in [-0.2, -0.15) is 5.10 Å². The number of aromatic carboxylic acids is 1. The summed E-state index contributed by atoms with van der Waals surface area (Å²) in [7, 11) is 0. The minimum absolute atomic E-state index is 0.149. The molecule has 0 aliphatic carbocycles. The van der Waals surface area contributed by atoms with E-state index in [2.05, 4.69) is 43.2 Å². The van der Waals surface area contributed by atoms with Gasteiger partial charge in [0.1, 0.15) is 5.56 Å². The maximum Gasteiger partial charge on any atom is 0.339 e. The second-order valence-electron chi connectivity index (χ2n) is 7.73. The van der Waals surface area contributed by atoms with Gasteiger partial charge in [-0.05, 0) is 44.6 Å². The lowest BCUT2D eigenvalue weighted by atomic mass is 9.91. The summed E-state index contributed by atoms with van der Waals surface area (Å²) in [4.78, 5) is 26.0. The maximum atomic E-state index is 12.8. The summed E-state index contributed by atoms with van der Waals surface area (Å²) in [5, 5.41) is 13.5. The van der Waals surface area contributed by atoms with Crippen molar-refractivity contribution in [1.29, 1.82) is 0 Å². The first kappa shape index (κ1) is 20.1. The van der Waals surface area contributed by atoms with E-state index in [1.165, 1.54) is 17.3 Å². The average molecular weight is 383 g/mol. The van der Waals surface area contributed by atoms with Crippen molar-refractivity contribution in [3.8, 4) is 0 Å². The van der Waals surface area contributed by atoms with Crippen LogP contribution in [0.25, 0.3) is 0 Å². The van der Waals surface area contributed by atoms with Crippen molar-refractivity contribution < 1.29 is 14.7 Å². The quantitative estimate of drug-likeness (QED) is 0.820. The minimum atomic E-state index is -0.946. The predicted octanol–water partition coefficient (Wildman–Crippen LogP) is 3.95. The number of carboxylic acid groups (broad SMARTS) is 1. The lowest BCUT2D eigenvalue weighted by molar-refractivity contribution is -0.133. The molecule has 1 amide bonds. The Morgan fingerprint density at radius 3 is 2.36 bits per heavy atom. The molecular formula is C22H29N3O3. The Labute approximate surface area is 166 Å². The summed E-state index contributed by atoms with van der Waals surface area (Å²) in [6.07, 6.45) is 4.50. The smallest absolute Gasteiger partial charge is 0.339 e. The molecule has 1 aromatic heterocycles. The van der Waals surface area contributed by atoms with Crippen LogP contribution in [0.5, 0.6) is 0 Å². The maximum absolute atomic E-state index is 12.8. The monoisotopic (exact) mass is 383 g/mol. The first-order valence-electron chi connectivity index (χ1n) is 10.0. The molecular weight excluding hydrogens is 354 g/mol. The van der Waals surface area contributed by atoms with Crippen LogP contribution in [-0.2, 0) is 4.79 Å². The number of hydrogen-bond donors (Lipinski definition) is 1. The number of piperidine rings is 1. The normalized spacial score (nSPS) is 16.2. The Bertz CT molecular complexity index is 833. The van der Waals surface area contributed by atoms with E-state index in [1.54, 1.807) is 6.92 Å². The van der Waals surface area contributed by atoms with Gasteiger partial charge in [-0.3, -0.25) is 9.48 Å². The number of carboxylic acids is 1. The highest BCUT2D eigenvalue weighted by atomic mass is 16.4. The van der Waals surface area contributed by atoms with E-state index in [4.69, 9.17) is 0 Å². The van der Waals surface area contributed by atoms with Crippen LogP contribution in [0.4, 0.5) is 0 Å². The van der Waals surface area contributed by atoms with Gasteiger partial charge in [0.15, 0.2) is 0 Å². The lowest BCUT2D eigenvalue weighted by Crippen LogP contribution is -2.39. The molecule has 0 saturated carbocycles. The molecule has 1 N–H and O–H groups in total. The summed E-state index contributed by atoms with van der Waals surface area (Å²) in [6, 6.07) is 8.61. The van der Waals surface area contributed by atoms with Gasteiger partial charge in [-0.25, -0.2) is 4.79 Å². The molecule has 1 atom stereocenters. The summed E-state index contributed by atoms with van der Waals surface area (Å²) < 4.78 is 1.81. The van der Waals surface area contributed by atoms with Gasteiger partial charge in [0.25, 0.3) is 0 Å². The average Bonchev–Trinajstić information content (AvgIpc) is 3.08. The number of carbonyl (C=O) groups excluding carboxylic acids is 1. The van der Waals surface area contributed by atoms with E-state index in [0.717, 1.165) is 19.3 Å². The Kier molecular flexibility index (Phi) is 6.17. The van der Waals surface area contributed by atoms with Crippen molar-refractivity contribution >= 4 is 11.9 Å². The predicted molar refractivity (Wildman–Crippen MR) is 108 cm³/mol.